The van der Waals surface area contributed by atoms with Gasteiger partial charge in [0.1, 0.15) is 0 Å². The van der Waals surface area contributed by atoms with Crippen LogP contribution in [0.1, 0.15) is 88.7 Å². The molecule has 0 aliphatic heterocycles. The Morgan fingerprint density at radius 2 is 1.09 bits per heavy atom. The Bertz CT molecular complexity index is 718. The van der Waals surface area contributed by atoms with Crippen molar-refractivity contribution in [3.8, 4) is 11.1 Å². The van der Waals surface area contributed by atoms with Gasteiger partial charge in [0.2, 0.25) is 0 Å². The Morgan fingerprint density at radius 3 is 1.59 bits per heavy atom. The first-order chi connectivity index (χ1) is 15.7. The van der Waals surface area contributed by atoms with Crippen molar-refractivity contribution in [2.24, 2.45) is 17.8 Å². The number of halogens is 2. The van der Waals surface area contributed by atoms with Gasteiger partial charge in [-0.25, -0.2) is 0 Å². The molecule has 0 bridgehead atoms. The molecule has 2 heteroatoms. The molecule has 0 unspecified atom stereocenters. The minimum atomic E-state index is 0.500. The number of benzene rings is 2. The molecule has 0 saturated heterocycles. The zero-order chi connectivity index (χ0) is 23.3. The van der Waals surface area contributed by atoms with Gasteiger partial charge >= 0.3 is 0 Å². The highest BCUT2D eigenvalue weighted by atomic mass is 19.1. The van der Waals surface area contributed by atoms with Crippen LogP contribution in [0.3, 0.4) is 0 Å². The third kappa shape index (κ3) is 7.71. The summed E-state index contributed by atoms with van der Waals surface area (Å²) in [6.45, 7) is 4.76. The molecule has 0 radical (unpaired) electrons. The van der Waals surface area contributed by atoms with Crippen LogP contribution in [-0.4, -0.2) is 14.4 Å². The third-order valence-electron chi connectivity index (χ3n) is 7.75. The molecule has 2 aromatic carbocycles. The first kappa shape index (κ1) is 26.6. The minimum Gasteiger partial charge on any atom is -0.255 e. The van der Waals surface area contributed by atoms with Crippen LogP contribution in [0.25, 0.3) is 11.1 Å². The topological polar surface area (TPSA) is 0 Å². The maximum Gasteiger partial charge on any atom is 0.0785 e. The Kier molecular flexibility index (Phi) is 12.0. The van der Waals surface area contributed by atoms with Crippen LogP contribution in [0.4, 0.5) is 8.78 Å². The highest BCUT2D eigenvalue weighted by Crippen LogP contribution is 2.37. The second-order valence-corrected chi connectivity index (χ2v) is 9.77. The molecular formula is C30H44F2. The molecule has 2 saturated carbocycles. The maximum atomic E-state index is 9.50. The molecule has 0 heterocycles. The number of rotatable bonds is 5. The zero-order valence-corrected chi connectivity index (χ0v) is 20.8. The van der Waals surface area contributed by atoms with Gasteiger partial charge in [0.15, 0.2) is 0 Å². The first-order valence-corrected chi connectivity index (χ1v) is 12.7. The summed E-state index contributed by atoms with van der Waals surface area (Å²) < 4.78 is 19.0. The van der Waals surface area contributed by atoms with Crippen LogP contribution in [0, 0.1) is 17.8 Å². The van der Waals surface area contributed by atoms with Crippen molar-refractivity contribution in [3.63, 3.8) is 0 Å². The fourth-order valence-corrected chi connectivity index (χ4v) is 5.55. The van der Waals surface area contributed by atoms with Gasteiger partial charge < -0.3 is 0 Å². The quantitative estimate of drug-likeness (QED) is 0.432. The highest BCUT2D eigenvalue weighted by Gasteiger charge is 2.21. The molecule has 178 valence electrons. The lowest BCUT2D eigenvalue weighted by atomic mass is 9.77. The lowest BCUT2D eigenvalue weighted by Crippen LogP contribution is -2.14. The molecule has 2 aromatic rings. The second-order valence-electron chi connectivity index (χ2n) is 9.77. The summed E-state index contributed by atoms with van der Waals surface area (Å²) in [7, 11) is 1.00. The van der Waals surface area contributed by atoms with Gasteiger partial charge in [0, 0.05) is 0 Å². The van der Waals surface area contributed by atoms with Gasteiger partial charge in [-0.05, 0) is 90.9 Å². The molecular weight excluding hydrogens is 398 g/mol. The molecule has 4 rings (SSSR count). The number of hydrogen-bond acceptors (Lipinski definition) is 0. The van der Waals surface area contributed by atoms with Crippen molar-refractivity contribution in [2.75, 3.05) is 14.4 Å². The molecule has 2 aliphatic carbocycles. The normalized spacial score (nSPS) is 25.1. The fourth-order valence-electron chi connectivity index (χ4n) is 5.55. The molecule has 0 spiro atoms. The van der Waals surface area contributed by atoms with Crippen LogP contribution >= 0.6 is 0 Å². The van der Waals surface area contributed by atoms with Gasteiger partial charge in [-0.3, -0.25) is 8.78 Å². The highest BCUT2D eigenvalue weighted by molar-refractivity contribution is 5.64. The van der Waals surface area contributed by atoms with Crippen molar-refractivity contribution >= 4 is 0 Å². The standard InChI is InChI=1S/C28H38.2CH3F/c1-3-22-8-12-25(13-9-22)27-16-18-28(19-17-27)26-14-10-24(11-15-26)20-23-6-4-21(2)5-7-23;2*1-2/h10-11,14-19,21-23,25H,3-9,12-13,20H2,1-2H3;2*1H3. The Labute approximate surface area is 195 Å². The summed E-state index contributed by atoms with van der Waals surface area (Å²) in [6.07, 6.45) is 13.9. The molecule has 0 atom stereocenters. The van der Waals surface area contributed by atoms with Crippen LogP contribution in [-0.2, 0) is 6.42 Å². The van der Waals surface area contributed by atoms with E-state index in [1.165, 1.54) is 80.9 Å². The lowest BCUT2D eigenvalue weighted by Gasteiger charge is -2.28. The summed E-state index contributed by atoms with van der Waals surface area (Å²) in [4.78, 5) is 0. The first-order valence-electron chi connectivity index (χ1n) is 12.7. The van der Waals surface area contributed by atoms with E-state index in [0.717, 1.165) is 23.7 Å². The van der Waals surface area contributed by atoms with E-state index in [-0.39, 0.29) is 0 Å². The molecule has 0 amide bonds. The second kappa shape index (κ2) is 14.4. The van der Waals surface area contributed by atoms with E-state index in [4.69, 9.17) is 0 Å². The predicted molar refractivity (Wildman–Crippen MR) is 136 cm³/mol. The largest absolute Gasteiger partial charge is 0.255 e. The average Bonchev–Trinajstić information content (AvgIpc) is 2.88. The van der Waals surface area contributed by atoms with Gasteiger partial charge in [-0.1, -0.05) is 81.6 Å². The van der Waals surface area contributed by atoms with E-state index in [0.29, 0.717) is 14.4 Å². The number of hydrogen-bond donors (Lipinski definition) is 0. The Morgan fingerprint density at radius 1 is 0.625 bits per heavy atom. The average molecular weight is 443 g/mol. The molecule has 0 N–H and O–H groups in total. The van der Waals surface area contributed by atoms with E-state index in [9.17, 15) is 8.78 Å². The van der Waals surface area contributed by atoms with Crippen molar-refractivity contribution in [3.05, 3.63) is 59.7 Å². The van der Waals surface area contributed by atoms with E-state index < -0.39 is 0 Å². The van der Waals surface area contributed by atoms with E-state index in [1.54, 1.807) is 5.56 Å². The smallest absolute Gasteiger partial charge is 0.0785 e. The molecule has 2 fully saturated rings. The van der Waals surface area contributed by atoms with E-state index in [2.05, 4.69) is 62.4 Å². The fraction of sp³-hybridized carbons (Fsp3) is 0.600. The predicted octanol–water partition coefficient (Wildman–Crippen LogP) is 9.58. The Hall–Kier alpha value is -1.70. The minimum absolute atomic E-state index is 0.500. The Balaban J connectivity index is 0.000000860. The van der Waals surface area contributed by atoms with Crippen molar-refractivity contribution in [1.29, 1.82) is 0 Å². The summed E-state index contributed by atoms with van der Waals surface area (Å²) in [5.74, 6) is 3.62. The van der Waals surface area contributed by atoms with Crippen molar-refractivity contribution in [1.82, 2.24) is 0 Å². The van der Waals surface area contributed by atoms with Gasteiger partial charge in [-0.15, -0.1) is 0 Å². The van der Waals surface area contributed by atoms with E-state index >= 15 is 0 Å². The monoisotopic (exact) mass is 442 g/mol. The molecule has 0 aromatic heterocycles. The van der Waals surface area contributed by atoms with Crippen molar-refractivity contribution in [2.45, 2.75) is 84.0 Å². The van der Waals surface area contributed by atoms with Crippen LogP contribution in [0.5, 0.6) is 0 Å². The zero-order valence-electron chi connectivity index (χ0n) is 20.8. The lowest BCUT2D eigenvalue weighted by molar-refractivity contribution is 0.289. The van der Waals surface area contributed by atoms with Gasteiger partial charge in [-0.2, -0.15) is 0 Å². The molecule has 32 heavy (non-hydrogen) atoms. The van der Waals surface area contributed by atoms with E-state index in [1.807, 2.05) is 0 Å². The molecule has 0 nitrogen and oxygen atoms in total. The van der Waals surface area contributed by atoms with Crippen LogP contribution < -0.4 is 0 Å². The summed E-state index contributed by atoms with van der Waals surface area (Å²) >= 11 is 0. The SMILES string of the molecule is CCC1CCC(c2ccc(-c3ccc(CC4CCC(C)CC4)cc3)cc2)CC1.CF.CF. The number of alkyl halides is 2. The maximum absolute atomic E-state index is 9.50. The third-order valence-corrected chi connectivity index (χ3v) is 7.75. The van der Waals surface area contributed by atoms with Crippen molar-refractivity contribution < 1.29 is 8.78 Å². The van der Waals surface area contributed by atoms with Gasteiger partial charge in [0.25, 0.3) is 0 Å². The van der Waals surface area contributed by atoms with Gasteiger partial charge in [0.05, 0.1) is 14.4 Å². The van der Waals surface area contributed by atoms with Crippen LogP contribution in [0.15, 0.2) is 48.5 Å². The summed E-state index contributed by atoms with van der Waals surface area (Å²) in [5, 5.41) is 0. The summed E-state index contributed by atoms with van der Waals surface area (Å²) in [5.41, 5.74) is 5.81. The summed E-state index contributed by atoms with van der Waals surface area (Å²) in [6, 6.07) is 18.9. The van der Waals surface area contributed by atoms with Crippen LogP contribution in [0.2, 0.25) is 0 Å². The molecule has 2 aliphatic rings.